The summed E-state index contributed by atoms with van der Waals surface area (Å²) in [6.45, 7) is 0. The SMILES string of the molecule is O=C(N[C@@H]1CC[C@@H](O)C1)c1nc(C(=O)N2[C@H]3CC[C@H]2CC3)c(-c2cnc(N[C@@H](C3CC3)C(F)(F)F)cc2C(F)F)s1. The van der Waals surface area contributed by atoms with Gasteiger partial charge in [-0.05, 0) is 69.8 Å². The van der Waals surface area contributed by atoms with Gasteiger partial charge in [-0.2, -0.15) is 13.2 Å². The number of fused-ring (bicyclic) bond motifs is 2. The van der Waals surface area contributed by atoms with Gasteiger partial charge in [-0.1, -0.05) is 0 Å². The summed E-state index contributed by atoms with van der Waals surface area (Å²) in [7, 11) is 0. The Kier molecular flexibility index (Phi) is 7.41. The molecule has 2 aliphatic carbocycles. The molecule has 0 unspecified atom stereocenters. The molecule has 3 N–H and O–H groups in total. The molecule has 3 atom stereocenters. The van der Waals surface area contributed by atoms with Gasteiger partial charge in [0.2, 0.25) is 0 Å². The van der Waals surface area contributed by atoms with Crippen LogP contribution in [0.1, 0.15) is 90.1 Å². The van der Waals surface area contributed by atoms with Crippen molar-refractivity contribution in [2.45, 2.75) is 101 Å². The molecule has 2 aliphatic heterocycles. The van der Waals surface area contributed by atoms with E-state index in [4.69, 9.17) is 0 Å². The largest absolute Gasteiger partial charge is 0.408 e. The Bertz CT molecular complexity index is 1310. The number of carbonyl (C=O) groups is 2. The van der Waals surface area contributed by atoms with Gasteiger partial charge in [-0.25, -0.2) is 18.7 Å². The van der Waals surface area contributed by atoms with Crippen LogP contribution in [0.4, 0.5) is 27.8 Å². The molecular formula is C27H30F5N5O3S. The maximum Gasteiger partial charge on any atom is 0.408 e. The second-order valence-corrected chi connectivity index (χ2v) is 12.5. The number of aliphatic hydroxyl groups excluding tert-OH is 1. The highest BCUT2D eigenvalue weighted by molar-refractivity contribution is 7.17. The monoisotopic (exact) mass is 599 g/mol. The fourth-order valence-electron chi connectivity index (χ4n) is 6.42. The average molecular weight is 600 g/mol. The Morgan fingerprint density at radius 2 is 1.73 bits per heavy atom. The van der Waals surface area contributed by atoms with Crippen molar-refractivity contribution in [3.63, 3.8) is 0 Å². The normalized spacial score (nSPS) is 26.6. The number of aliphatic hydroxyl groups is 1. The summed E-state index contributed by atoms with van der Waals surface area (Å²) in [4.78, 5) is 37.0. The lowest BCUT2D eigenvalue weighted by atomic mass is 10.0. The van der Waals surface area contributed by atoms with E-state index >= 15 is 0 Å². The molecular weight excluding hydrogens is 569 g/mol. The highest BCUT2D eigenvalue weighted by atomic mass is 32.1. The first kappa shape index (κ1) is 28.3. The second kappa shape index (κ2) is 10.8. The predicted octanol–water partition coefficient (Wildman–Crippen LogP) is 5.31. The van der Waals surface area contributed by atoms with E-state index < -0.39 is 48.0 Å². The first-order chi connectivity index (χ1) is 19.5. The molecule has 2 aromatic rings. The lowest BCUT2D eigenvalue weighted by Crippen LogP contribution is -2.38. The maximum atomic E-state index is 14.4. The molecule has 222 valence electrons. The number of anilines is 1. The molecule has 2 bridgehead atoms. The van der Waals surface area contributed by atoms with Crippen LogP contribution in [0, 0.1) is 5.92 Å². The van der Waals surface area contributed by atoms with E-state index in [-0.39, 0.29) is 45.1 Å². The molecule has 4 heterocycles. The minimum Gasteiger partial charge on any atom is -0.393 e. The molecule has 4 aliphatic rings. The molecule has 8 nitrogen and oxygen atoms in total. The number of hydrogen-bond acceptors (Lipinski definition) is 7. The molecule has 14 heteroatoms. The molecule has 6 rings (SSSR count). The van der Waals surface area contributed by atoms with Crippen molar-refractivity contribution in [3.8, 4) is 10.4 Å². The van der Waals surface area contributed by atoms with Crippen LogP contribution in [0.2, 0.25) is 0 Å². The lowest BCUT2D eigenvalue weighted by molar-refractivity contribution is -0.146. The number of pyridine rings is 1. The lowest BCUT2D eigenvalue weighted by Gasteiger charge is -2.23. The van der Waals surface area contributed by atoms with Gasteiger partial charge in [-0.3, -0.25) is 9.59 Å². The van der Waals surface area contributed by atoms with Gasteiger partial charge in [0, 0.05) is 35.4 Å². The first-order valence-corrected chi connectivity index (χ1v) is 14.8. The van der Waals surface area contributed by atoms with Crippen LogP contribution >= 0.6 is 11.3 Å². The minimum atomic E-state index is -4.57. The summed E-state index contributed by atoms with van der Waals surface area (Å²) in [6.07, 6.45) is -1.59. The molecule has 4 fully saturated rings. The van der Waals surface area contributed by atoms with Crippen molar-refractivity contribution in [2.24, 2.45) is 5.92 Å². The Hall–Kier alpha value is -2.87. The van der Waals surface area contributed by atoms with Crippen LogP contribution in [0.25, 0.3) is 10.4 Å². The van der Waals surface area contributed by atoms with Crippen molar-refractivity contribution >= 4 is 29.0 Å². The fraction of sp³-hybridized carbons (Fsp3) is 0.630. The zero-order valence-corrected chi connectivity index (χ0v) is 22.8. The Morgan fingerprint density at radius 3 is 2.29 bits per heavy atom. The van der Waals surface area contributed by atoms with E-state index in [0.717, 1.165) is 49.3 Å². The second-order valence-electron chi connectivity index (χ2n) is 11.5. The number of amides is 2. The third kappa shape index (κ3) is 5.64. The molecule has 0 spiro atoms. The summed E-state index contributed by atoms with van der Waals surface area (Å²) < 4.78 is 69.5. The van der Waals surface area contributed by atoms with Crippen LogP contribution in [-0.2, 0) is 0 Å². The Labute approximate surface area is 236 Å². The number of thiazole rings is 1. The first-order valence-electron chi connectivity index (χ1n) is 13.9. The van der Waals surface area contributed by atoms with Gasteiger partial charge in [0.25, 0.3) is 18.2 Å². The van der Waals surface area contributed by atoms with Gasteiger partial charge < -0.3 is 20.6 Å². The summed E-state index contributed by atoms with van der Waals surface area (Å²) in [5.41, 5.74) is -0.892. The highest BCUT2D eigenvalue weighted by Crippen LogP contribution is 2.44. The van der Waals surface area contributed by atoms with E-state index in [1.54, 1.807) is 4.90 Å². The van der Waals surface area contributed by atoms with Crippen LogP contribution in [0.15, 0.2) is 12.3 Å². The van der Waals surface area contributed by atoms with Gasteiger partial charge in [0.05, 0.1) is 11.0 Å². The quantitative estimate of drug-likeness (QED) is 0.356. The number of halogens is 5. The molecule has 2 saturated carbocycles. The fourth-order valence-corrected chi connectivity index (χ4v) is 7.42. The minimum absolute atomic E-state index is 0.0142. The third-order valence-electron chi connectivity index (χ3n) is 8.62. The summed E-state index contributed by atoms with van der Waals surface area (Å²) in [5, 5.41) is 14.8. The van der Waals surface area contributed by atoms with Crippen molar-refractivity contribution in [1.29, 1.82) is 0 Å². The molecule has 2 amide bonds. The topological polar surface area (TPSA) is 107 Å². The van der Waals surface area contributed by atoms with Gasteiger partial charge >= 0.3 is 6.18 Å². The Morgan fingerprint density at radius 1 is 1.05 bits per heavy atom. The van der Waals surface area contributed by atoms with Crippen molar-refractivity contribution < 1.29 is 36.6 Å². The standard InChI is InChI=1S/C27H30F5N5O3S/c28-23(29)17-10-19(35-22(12-1-2-12)27(30,31)32)33-11-18(17)21-20(26(40)37-14-4-5-15(37)7-6-14)36-25(41-21)24(39)34-13-3-8-16(38)9-13/h10-16,22-23,38H,1-9H2,(H,33,35)(H,34,39)/t13-,14-,15-,16-,22+/m1/s1. The average Bonchev–Trinajstić information content (AvgIpc) is 3.23. The molecule has 41 heavy (non-hydrogen) atoms. The van der Waals surface area contributed by atoms with Crippen LogP contribution < -0.4 is 10.6 Å². The number of nitrogens with zero attached hydrogens (tertiary/aromatic N) is 3. The molecule has 0 radical (unpaired) electrons. The molecule has 2 aromatic heterocycles. The van der Waals surface area contributed by atoms with Crippen LogP contribution in [-0.4, -0.2) is 68.2 Å². The van der Waals surface area contributed by atoms with Crippen molar-refractivity contribution in [1.82, 2.24) is 20.2 Å². The third-order valence-corrected chi connectivity index (χ3v) is 9.70. The number of nitrogens with one attached hydrogen (secondary N) is 2. The highest BCUT2D eigenvalue weighted by Gasteiger charge is 2.49. The molecule has 2 saturated heterocycles. The smallest absolute Gasteiger partial charge is 0.393 e. The molecule has 0 aromatic carbocycles. The Balaban J connectivity index is 1.36. The van der Waals surface area contributed by atoms with Crippen molar-refractivity contribution in [2.75, 3.05) is 5.32 Å². The maximum absolute atomic E-state index is 14.4. The van der Waals surface area contributed by atoms with Gasteiger partial charge in [0.1, 0.15) is 17.6 Å². The van der Waals surface area contributed by atoms with Gasteiger partial charge in [0.15, 0.2) is 5.01 Å². The number of hydrogen-bond donors (Lipinski definition) is 3. The summed E-state index contributed by atoms with van der Waals surface area (Å²) >= 11 is 0.778. The van der Waals surface area contributed by atoms with E-state index in [1.807, 2.05) is 0 Å². The van der Waals surface area contributed by atoms with E-state index in [0.29, 0.717) is 32.1 Å². The zero-order valence-electron chi connectivity index (χ0n) is 22.0. The van der Waals surface area contributed by atoms with E-state index in [1.165, 1.54) is 0 Å². The van der Waals surface area contributed by atoms with Crippen LogP contribution in [0.5, 0.6) is 0 Å². The number of aromatic nitrogens is 2. The zero-order chi connectivity index (χ0) is 29.1. The number of rotatable bonds is 8. The van der Waals surface area contributed by atoms with Crippen LogP contribution in [0.3, 0.4) is 0 Å². The number of alkyl halides is 5. The van der Waals surface area contributed by atoms with Gasteiger partial charge in [-0.15, -0.1) is 11.3 Å². The summed E-state index contributed by atoms with van der Waals surface area (Å²) in [5.74, 6) is -2.02. The van der Waals surface area contributed by atoms with Crippen molar-refractivity contribution in [3.05, 3.63) is 28.5 Å². The van der Waals surface area contributed by atoms with E-state index in [2.05, 4.69) is 20.6 Å². The number of carbonyl (C=O) groups excluding carboxylic acids is 2. The summed E-state index contributed by atoms with van der Waals surface area (Å²) in [6, 6.07) is -1.27. The van der Waals surface area contributed by atoms with E-state index in [9.17, 15) is 36.6 Å². The predicted molar refractivity (Wildman–Crippen MR) is 140 cm³/mol.